The van der Waals surface area contributed by atoms with Crippen molar-refractivity contribution >= 4 is 23.6 Å². The highest BCUT2D eigenvalue weighted by Crippen LogP contribution is 2.41. The molecule has 0 radical (unpaired) electrons. The molecule has 3 aliphatic rings. The Morgan fingerprint density at radius 3 is 2.27 bits per heavy atom. The molecule has 1 amide bonds. The number of amides is 1. The Bertz CT molecular complexity index is 1360. The smallest absolute Gasteiger partial charge is 0.351 e. The molecule has 12 atom stereocenters. The number of nitrogens with one attached hydrogen (secondary N) is 1. The molecule has 3 heterocycles. The Morgan fingerprint density at radius 2 is 1.73 bits per heavy atom. The lowest BCUT2D eigenvalue weighted by Gasteiger charge is -2.48. The van der Waals surface area contributed by atoms with Gasteiger partial charge in [-0.2, -0.15) is 0 Å². The van der Waals surface area contributed by atoms with Gasteiger partial charge in [0.15, 0.2) is 18.2 Å². The summed E-state index contributed by atoms with van der Waals surface area (Å²) >= 11 is 0. The number of hydrogen-bond donors (Lipinski definition) is 2. The van der Waals surface area contributed by atoms with Crippen LogP contribution >= 0.6 is 0 Å². The number of carbonyl (C=O) groups excluding carboxylic acids is 4. The average molecular weight is 727 g/mol. The fourth-order valence-electron chi connectivity index (χ4n) is 7.74. The largest absolute Gasteiger partial charge is 0.457 e. The first-order valence-electron chi connectivity index (χ1n) is 17.7. The first kappa shape index (κ1) is 42.7. The number of ether oxygens (including phenoxy) is 6. The van der Waals surface area contributed by atoms with E-state index in [9.17, 15) is 24.3 Å². The molecule has 0 aromatic heterocycles. The van der Waals surface area contributed by atoms with Crippen molar-refractivity contribution in [2.24, 2.45) is 11.8 Å². The molecule has 13 nitrogen and oxygen atoms in total. The summed E-state index contributed by atoms with van der Waals surface area (Å²) in [5, 5.41) is 15.0. The van der Waals surface area contributed by atoms with E-state index in [-0.39, 0.29) is 44.1 Å². The quantitative estimate of drug-likeness (QED) is 0.233. The van der Waals surface area contributed by atoms with Gasteiger partial charge in [-0.3, -0.25) is 14.4 Å². The Morgan fingerprint density at radius 1 is 1.10 bits per heavy atom. The number of aliphatic hydroxyl groups is 1. The van der Waals surface area contributed by atoms with Crippen molar-refractivity contribution in [1.29, 1.82) is 0 Å². The molecule has 3 aliphatic heterocycles. The van der Waals surface area contributed by atoms with Gasteiger partial charge in [-0.25, -0.2) is 9.18 Å². The van der Waals surface area contributed by atoms with Crippen molar-refractivity contribution in [3.8, 4) is 0 Å². The van der Waals surface area contributed by atoms with Crippen LogP contribution in [0.4, 0.5) is 4.39 Å². The van der Waals surface area contributed by atoms with Crippen LogP contribution < -0.4 is 5.32 Å². The molecule has 0 aliphatic carbocycles. The highest BCUT2D eigenvalue weighted by molar-refractivity contribution is 6.07. The van der Waals surface area contributed by atoms with Crippen LogP contribution in [0, 0.1) is 11.8 Å². The Labute approximate surface area is 301 Å². The van der Waals surface area contributed by atoms with E-state index in [0.717, 1.165) is 6.92 Å². The molecular weight excluding hydrogens is 667 g/mol. The van der Waals surface area contributed by atoms with Crippen molar-refractivity contribution in [1.82, 2.24) is 10.2 Å². The topological polar surface area (TPSA) is 159 Å². The molecule has 2 N–H and O–H groups in total. The van der Waals surface area contributed by atoms with Gasteiger partial charge in [-0.15, -0.1) is 0 Å². The summed E-state index contributed by atoms with van der Waals surface area (Å²) < 4.78 is 54.0. The maximum atomic E-state index is 16.7. The minimum atomic E-state index is -3.18. The van der Waals surface area contributed by atoms with Gasteiger partial charge >= 0.3 is 11.9 Å². The summed E-state index contributed by atoms with van der Waals surface area (Å²) in [5.74, 6) is -5.72. The van der Waals surface area contributed by atoms with Gasteiger partial charge in [-0.05, 0) is 67.1 Å². The van der Waals surface area contributed by atoms with Crippen LogP contribution in [0.25, 0.3) is 0 Å². The SMILES string of the molecule is C=C1CO[C@@H]2[C@@H](C)C(NC(C)=O)=C(C)C[C@@](C)(OC1)[C@H](O[C@@H]1O[C@H](C)C[C@H](N(C)C)[C@H]1OC(C)=O)[C@@H](C)C(=O)[C@](C)(F)C(=O)O[C@H](CC)[C@@]2(C)O. The number of fused-ring (bicyclic) bond motifs is 4. The normalized spacial score (nSPS) is 40.5. The summed E-state index contributed by atoms with van der Waals surface area (Å²) in [4.78, 5) is 54.8. The molecule has 0 aromatic rings. The Hall–Kier alpha value is -2.75. The van der Waals surface area contributed by atoms with Crippen molar-refractivity contribution in [3.05, 3.63) is 23.4 Å². The molecule has 0 saturated carbocycles. The summed E-state index contributed by atoms with van der Waals surface area (Å²) in [6, 6.07) is -0.351. The lowest BCUT2D eigenvalue weighted by atomic mass is 9.76. The summed E-state index contributed by atoms with van der Waals surface area (Å²) in [5.41, 5.74) is -5.14. The number of Topliss-reactive ketones (excluding diaryl/α,β-unsaturated/α-hetero) is 1. The van der Waals surface area contributed by atoms with Crippen LogP contribution in [-0.2, 0) is 47.6 Å². The lowest BCUT2D eigenvalue weighted by molar-refractivity contribution is -0.298. The number of likely N-dealkylation sites (N-methyl/N-ethyl adjacent to an activating group) is 1. The number of ketones is 1. The zero-order valence-electron chi connectivity index (χ0n) is 32.3. The van der Waals surface area contributed by atoms with E-state index in [2.05, 4.69) is 11.9 Å². The molecule has 3 rings (SSSR count). The molecule has 51 heavy (non-hydrogen) atoms. The maximum absolute atomic E-state index is 16.7. The number of alkyl halides is 1. The van der Waals surface area contributed by atoms with Gasteiger partial charge in [0.1, 0.15) is 11.7 Å². The number of esters is 2. The predicted molar refractivity (Wildman–Crippen MR) is 185 cm³/mol. The second kappa shape index (κ2) is 16.5. The van der Waals surface area contributed by atoms with Gasteiger partial charge in [0.25, 0.3) is 5.67 Å². The zero-order chi connectivity index (χ0) is 38.8. The predicted octanol–water partition coefficient (Wildman–Crippen LogP) is 3.55. The zero-order valence-corrected chi connectivity index (χ0v) is 32.3. The third-order valence-electron chi connectivity index (χ3n) is 10.4. The van der Waals surface area contributed by atoms with E-state index in [4.69, 9.17) is 28.4 Å². The molecule has 2 bridgehead atoms. The van der Waals surface area contributed by atoms with E-state index in [1.165, 1.54) is 27.7 Å². The fourth-order valence-corrected chi connectivity index (χ4v) is 7.74. The van der Waals surface area contributed by atoms with Crippen LogP contribution in [0.1, 0.15) is 88.5 Å². The Balaban J connectivity index is 2.39. The molecule has 0 aromatic carbocycles. The second-order valence-corrected chi connectivity index (χ2v) is 15.3. The first-order chi connectivity index (χ1) is 23.5. The molecule has 1 fully saturated rings. The van der Waals surface area contributed by atoms with E-state index in [1.54, 1.807) is 27.7 Å². The van der Waals surface area contributed by atoms with Gasteiger partial charge in [0.2, 0.25) is 5.91 Å². The highest BCUT2D eigenvalue weighted by atomic mass is 19.1. The van der Waals surface area contributed by atoms with Crippen molar-refractivity contribution in [3.63, 3.8) is 0 Å². The van der Waals surface area contributed by atoms with E-state index >= 15 is 4.39 Å². The molecule has 1 saturated heterocycles. The minimum absolute atomic E-state index is 0.0135. The van der Waals surface area contributed by atoms with Crippen LogP contribution in [0.3, 0.4) is 0 Å². The van der Waals surface area contributed by atoms with Crippen LogP contribution in [0.5, 0.6) is 0 Å². The standard InChI is InChI=1S/C37H59FN2O11/c1-14-27-37(11,45)32-22(5)28(39-24(7)41)20(3)16-35(9,47-18-19(2)17-46-32)31(23(6)30(43)36(10,38)34(44)50-27)51-33-29(49-25(8)42)26(40(12)13)15-21(4)48-33/h21-23,26-27,29,31-33,45H,2,14-18H2,1,3-13H3,(H,39,41)/t21-,22+,23+,26+,27-,29-,31-,32-,33+,35-,36+,37-/m1/s1. The summed E-state index contributed by atoms with van der Waals surface area (Å²) in [7, 11) is 3.67. The molecule has 0 unspecified atom stereocenters. The first-order valence-corrected chi connectivity index (χ1v) is 17.7. The molecule has 0 spiro atoms. The lowest BCUT2D eigenvalue weighted by Crippen LogP contribution is -2.61. The number of cyclic esters (lactones) is 1. The number of rotatable bonds is 6. The summed E-state index contributed by atoms with van der Waals surface area (Å²) in [6.45, 7) is 18.9. The van der Waals surface area contributed by atoms with E-state index < -0.39 is 77.1 Å². The van der Waals surface area contributed by atoms with E-state index in [1.807, 2.05) is 25.9 Å². The third-order valence-corrected chi connectivity index (χ3v) is 10.4. The van der Waals surface area contributed by atoms with Crippen molar-refractivity contribution in [2.45, 2.75) is 148 Å². The summed E-state index contributed by atoms with van der Waals surface area (Å²) in [6.07, 6.45) is -5.81. The molecule has 14 heteroatoms. The monoisotopic (exact) mass is 726 g/mol. The van der Waals surface area contributed by atoms with Gasteiger partial charge < -0.3 is 43.7 Å². The fraction of sp³-hybridized carbons (Fsp3) is 0.784. The van der Waals surface area contributed by atoms with Crippen molar-refractivity contribution < 1.29 is 57.1 Å². The molecule has 290 valence electrons. The highest BCUT2D eigenvalue weighted by Gasteiger charge is 2.56. The number of carbonyl (C=O) groups is 4. The van der Waals surface area contributed by atoms with E-state index in [0.29, 0.717) is 23.3 Å². The average Bonchev–Trinajstić information content (AvgIpc) is 3.03. The maximum Gasteiger partial charge on any atom is 0.351 e. The minimum Gasteiger partial charge on any atom is -0.457 e. The second-order valence-electron chi connectivity index (χ2n) is 15.3. The van der Waals surface area contributed by atoms with Crippen LogP contribution in [0.2, 0.25) is 0 Å². The van der Waals surface area contributed by atoms with Crippen molar-refractivity contribution in [2.75, 3.05) is 27.3 Å². The third kappa shape index (κ3) is 9.44. The van der Waals surface area contributed by atoms with Gasteiger partial charge in [-0.1, -0.05) is 32.9 Å². The molecular formula is C37H59FN2O11. The van der Waals surface area contributed by atoms with Gasteiger partial charge in [0.05, 0.1) is 43.2 Å². The van der Waals surface area contributed by atoms with Crippen LogP contribution in [-0.4, -0.2) is 121 Å². The van der Waals surface area contributed by atoms with Gasteiger partial charge in [0, 0.05) is 37.8 Å². The number of hydrogen-bond acceptors (Lipinski definition) is 12. The van der Waals surface area contributed by atoms with Crippen LogP contribution in [0.15, 0.2) is 23.4 Å². The Kier molecular flexibility index (Phi) is 13.8. The number of halogens is 1. The number of nitrogens with zero attached hydrogens (tertiary/aromatic N) is 1.